The molecule has 5 nitrogen and oxygen atoms in total. The quantitative estimate of drug-likeness (QED) is 0.528. The number of nitrogens with zero attached hydrogens (tertiary/aromatic N) is 2. The molecule has 24 heavy (non-hydrogen) atoms. The summed E-state index contributed by atoms with van der Waals surface area (Å²) in [5.41, 5.74) is 0. The summed E-state index contributed by atoms with van der Waals surface area (Å²) < 4.78 is 6.80. The average Bonchev–Trinajstić information content (AvgIpc) is 3.07. The highest BCUT2D eigenvalue weighted by molar-refractivity contribution is 8.00. The molecule has 7 heteroatoms. The molecule has 1 heterocycles. The number of aromatic nitrogens is 2. The first kappa shape index (κ1) is 16.7. The van der Waals surface area contributed by atoms with Gasteiger partial charge < -0.3 is 4.74 Å². The smallest absolute Gasteiger partial charge is 0.267 e. The van der Waals surface area contributed by atoms with Crippen LogP contribution in [0.2, 0.25) is 0 Å². The van der Waals surface area contributed by atoms with Crippen molar-refractivity contribution < 1.29 is 9.53 Å². The number of ether oxygens (including phenoxy) is 1. The number of thioether (sulfide) groups is 1. The SMILES string of the molecule is CC[C@@H](Oc1cccc2ccccc12)C(=O)Nc1nnc(SC)s1. The van der Waals surface area contributed by atoms with E-state index in [0.29, 0.717) is 17.3 Å². The highest BCUT2D eigenvalue weighted by Gasteiger charge is 2.21. The van der Waals surface area contributed by atoms with Gasteiger partial charge >= 0.3 is 0 Å². The first-order valence-electron chi connectivity index (χ1n) is 7.54. The summed E-state index contributed by atoms with van der Waals surface area (Å²) in [4.78, 5) is 12.5. The average molecular weight is 359 g/mol. The van der Waals surface area contributed by atoms with Crippen LogP contribution in [-0.2, 0) is 4.79 Å². The highest BCUT2D eigenvalue weighted by atomic mass is 32.2. The maximum Gasteiger partial charge on any atom is 0.267 e. The van der Waals surface area contributed by atoms with Crippen molar-refractivity contribution in [1.29, 1.82) is 0 Å². The molecule has 0 spiro atoms. The van der Waals surface area contributed by atoms with E-state index >= 15 is 0 Å². The molecule has 0 bridgehead atoms. The Kier molecular flexibility index (Phi) is 5.32. The molecule has 124 valence electrons. The second-order valence-corrected chi connectivity index (χ2v) is 7.09. The van der Waals surface area contributed by atoms with Gasteiger partial charge in [-0.3, -0.25) is 10.1 Å². The van der Waals surface area contributed by atoms with Gasteiger partial charge in [-0.25, -0.2) is 0 Å². The zero-order chi connectivity index (χ0) is 16.9. The van der Waals surface area contributed by atoms with Gasteiger partial charge in [-0.2, -0.15) is 0 Å². The Morgan fingerprint density at radius 1 is 1.25 bits per heavy atom. The second-order valence-electron chi connectivity index (χ2n) is 5.06. The van der Waals surface area contributed by atoms with Crippen LogP contribution >= 0.6 is 23.1 Å². The number of amides is 1. The van der Waals surface area contributed by atoms with Crippen molar-refractivity contribution in [3.05, 3.63) is 42.5 Å². The third kappa shape index (κ3) is 3.68. The zero-order valence-corrected chi connectivity index (χ0v) is 15.0. The number of carbonyl (C=O) groups is 1. The minimum Gasteiger partial charge on any atom is -0.480 e. The van der Waals surface area contributed by atoms with Crippen LogP contribution in [0.25, 0.3) is 10.8 Å². The summed E-state index contributed by atoms with van der Waals surface area (Å²) in [6.45, 7) is 1.92. The molecule has 0 unspecified atom stereocenters. The highest BCUT2D eigenvalue weighted by Crippen LogP contribution is 2.27. The standard InChI is InChI=1S/C17H17N3O2S2/c1-3-13(15(21)18-16-19-20-17(23-2)24-16)22-14-10-6-8-11-7-4-5-9-12(11)14/h4-10,13H,3H2,1-2H3,(H,18,19,21)/t13-/m1/s1. The topological polar surface area (TPSA) is 64.1 Å². The number of rotatable bonds is 6. The fraction of sp³-hybridized carbons (Fsp3) is 0.235. The molecule has 0 saturated heterocycles. The van der Waals surface area contributed by atoms with Crippen LogP contribution in [0.15, 0.2) is 46.8 Å². The largest absolute Gasteiger partial charge is 0.480 e. The van der Waals surface area contributed by atoms with Crippen LogP contribution in [0.4, 0.5) is 5.13 Å². The number of nitrogens with one attached hydrogen (secondary N) is 1. The van der Waals surface area contributed by atoms with Crippen LogP contribution < -0.4 is 10.1 Å². The van der Waals surface area contributed by atoms with Gasteiger partial charge in [-0.1, -0.05) is 66.4 Å². The maximum absolute atomic E-state index is 12.5. The van der Waals surface area contributed by atoms with Crippen molar-refractivity contribution in [2.75, 3.05) is 11.6 Å². The Labute approximate surface area is 148 Å². The van der Waals surface area contributed by atoms with Gasteiger partial charge in [0.2, 0.25) is 5.13 Å². The maximum atomic E-state index is 12.5. The van der Waals surface area contributed by atoms with Gasteiger partial charge in [0, 0.05) is 5.39 Å². The van der Waals surface area contributed by atoms with Gasteiger partial charge in [0.15, 0.2) is 10.4 Å². The molecule has 2 aromatic carbocycles. The molecule has 3 rings (SSSR count). The van der Waals surface area contributed by atoms with Crippen molar-refractivity contribution in [1.82, 2.24) is 10.2 Å². The lowest BCUT2D eigenvalue weighted by Gasteiger charge is -2.17. The molecule has 0 fully saturated rings. The molecular weight excluding hydrogens is 342 g/mol. The summed E-state index contributed by atoms with van der Waals surface area (Å²) in [5.74, 6) is 0.492. The number of fused-ring (bicyclic) bond motifs is 1. The zero-order valence-electron chi connectivity index (χ0n) is 13.4. The monoisotopic (exact) mass is 359 g/mol. The van der Waals surface area contributed by atoms with Crippen LogP contribution in [-0.4, -0.2) is 28.5 Å². The normalized spacial score (nSPS) is 12.1. The van der Waals surface area contributed by atoms with Gasteiger partial charge in [0.05, 0.1) is 0 Å². The molecule has 1 aromatic heterocycles. The van der Waals surface area contributed by atoms with E-state index in [1.54, 1.807) is 0 Å². The molecule has 0 saturated carbocycles. The Morgan fingerprint density at radius 3 is 2.79 bits per heavy atom. The molecule has 0 aliphatic carbocycles. The lowest BCUT2D eigenvalue weighted by atomic mass is 10.1. The number of hydrogen-bond donors (Lipinski definition) is 1. The molecule has 1 atom stereocenters. The molecule has 0 aliphatic rings. The summed E-state index contributed by atoms with van der Waals surface area (Å²) in [6.07, 6.45) is 1.89. The van der Waals surface area contributed by atoms with E-state index in [-0.39, 0.29) is 5.91 Å². The molecular formula is C17H17N3O2S2. The van der Waals surface area contributed by atoms with Crippen LogP contribution in [0.3, 0.4) is 0 Å². The van der Waals surface area contributed by atoms with Gasteiger partial charge in [0.25, 0.3) is 5.91 Å². The number of carbonyl (C=O) groups excluding carboxylic acids is 1. The third-order valence-electron chi connectivity index (χ3n) is 3.49. The predicted octanol–water partition coefficient (Wildman–Crippen LogP) is 4.21. The van der Waals surface area contributed by atoms with Crippen LogP contribution in [0, 0.1) is 0 Å². The fourth-order valence-electron chi connectivity index (χ4n) is 2.30. The predicted molar refractivity (Wildman–Crippen MR) is 99.0 cm³/mol. The fourth-order valence-corrected chi connectivity index (χ4v) is 3.48. The number of hydrogen-bond acceptors (Lipinski definition) is 6. The van der Waals surface area contributed by atoms with Crippen molar-refractivity contribution >= 4 is 44.9 Å². The van der Waals surface area contributed by atoms with Gasteiger partial charge in [-0.15, -0.1) is 10.2 Å². The van der Waals surface area contributed by atoms with E-state index in [2.05, 4.69) is 15.5 Å². The molecule has 1 amide bonds. The number of anilines is 1. The summed E-state index contributed by atoms with van der Waals surface area (Å²) in [6, 6.07) is 13.8. The Balaban J connectivity index is 1.77. The minimum atomic E-state index is -0.586. The second kappa shape index (κ2) is 7.63. The molecule has 0 radical (unpaired) electrons. The van der Waals surface area contributed by atoms with Crippen LogP contribution in [0.5, 0.6) is 5.75 Å². The lowest BCUT2D eigenvalue weighted by Crippen LogP contribution is -2.32. The first-order valence-corrected chi connectivity index (χ1v) is 9.58. The van der Waals surface area contributed by atoms with Crippen molar-refractivity contribution in [3.8, 4) is 5.75 Å². The van der Waals surface area contributed by atoms with E-state index in [1.807, 2.05) is 55.6 Å². The lowest BCUT2D eigenvalue weighted by molar-refractivity contribution is -0.122. The summed E-state index contributed by atoms with van der Waals surface area (Å²) in [7, 11) is 0. The Hall–Kier alpha value is -2.12. The first-order chi connectivity index (χ1) is 11.7. The van der Waals surface area contributed by atoms with E-state index in [4.69, 9.17) is 4.74 Å². The van der Waals surface area contributed by atoms with Crippen molar-refractivity contribution in [2.45, 2.75) is 23.8 Å². The van der Waals surface area contributed by atoms with Crippen LogP contribution in [0.1, 0.15) is 13.3 Å². The van der Waals surface area contributed by atoms with Gasteiger partial charge in [-0.05, 0) is 24.1 Å². The van der Waals surface area contributed by atoms with E-state index < -0.39 is 6.10 Å². The number of benzene rings is 2. The molecule has 0 aliphatic heterocycles. The van der Waals surface area contributed by atoms with Crippen molar-refractivity contribution in [2.24, 2.45) is 0 Å². The molecule has 3 aromatic rings. The summed E-state index contributed by atoms with van der Waals surface area (Å²) in [5, 5.41) is 13.3. The Morgan fingerprint density at radius 2 is 2.04 bits per heavy atom. The third-order valence-corrected chi connectivity index (χ3v) is 5.31. The van der Waals surface area contributed by atoms with E-state index in [1.165, 1.54) is 23.1 Å². The van der Waals surface area contributed by atoms with E-state index in [9.17, 15) is 4.79 Å². The minimum absolute atomic E-state index is 0.214. The van der Waals surface area contributed by atoms with Crippen molar-refractivity contribution in [3.63, 3.8) is 0 Å². The van der Waals surface area contributed by atoms with E-state index in [0.717, 1.165) is 15.1 Å². The summed E-state index contributed by atoms with van der Waals surface area (Å²) >= 11 is 2.85. The Bertz CT molecular complexity index is 845. The molecule has 1 N–H and O–H groups in total. The van der Waals surface area contributed by atoms with Gasteiger partial charge in [0.1, 0.15) is 5.75 Å².